The summed E-state index contributed by atoms with van der Waals surface area (Å²) >= 11 is 7.45. The van der Waals surface area contributed by atoms with E-state index in [9.17, 15) is 0 Å². The van der Waals surface area contributed by atoms with Crippen LogP contribution in [0.15, 0.2) is 18.7 Å². The standard InChI is InChI=1S/C11H11ClN2OS/c1-3-5-15-9-8-6-7(4-2)16-10(8)14-11(12)13-9/h3,6H,1,4-5H2,2H3. The van der Waals surface area contributed by atoms with Crippen LogP contribution in [0.2, 0.25) is 5.28 Å². The summed E-state index contributed by atoms with van der Waals surface area (Å²) in [5, 5.41) is 1.14. The molecule has 5 heteroatoms. The van der Waals surface area contributed by atoms with Crippen LogP contribution in [-0.2, 0) is 6.42 Å². The second-order valence-electron chi connectivity index (χ2n) is 3.18. The van der Waals surface area contributed by atoms with E-state index in [1.54, 1.807) is 17.4 Å². The van der Waals surface area contributed by atoms with Crippen molar-refractivity contribution in [3.8, 4) is 5.88 Å². The molecule has 0 unspecified atom stereocenters. The lowest BCUT2D eigenvalue weighted by atomic mass is 10.3. The summed E-state index contributed by atoms with van der Waals surface area (Å²) in [6.07, 6.45) is 2.65. The molecule has 2 heterocycles. The van der Waals surface area contributed by atoms with Gasteiger partial charge in [0.25, 0.3) is 0 Å². The van der Waals surface area contributed by atoms with E-state index < -0.39 is 0 Å². The summed E-state index contributed by atoms with van der Waals surface area (Å²) in [5.41, 5.74) is 0. The number of aryl methyl sites for hydroxylation is 1. The van der Waals surface area contributed by atoms with Gasteiger partial charge in [-0.25, -0.2) is 4.98 Å². The Bertz CT molecular complexity index is 524. The molecular formula is C11H11ClN2OS. The van der Waals surface area contributed by atoms with Crippen molar-refractivity contribution in [3.63, 3.8) is 0 Å². The van der Waals surface area contributed by atoms with E-state index in [1.807, 2.05) is 0 Å². The van der Waals surface area contributed by atoms with Crippen molar-refractivity contribution in [3.05, 3.63) is 28.9 Å². The van der Waals surface area contributed by atoms with Gasteiger partial charge < -0.3 is 4.74 Å². The predicted molar refractivity (Wildman–Crippen MR) is 67.5 cm³/mol. The van der Waals surface area contributed by atoms with Crippen LogP contribution < -0.4 is 4.74 Å². The Hall–Kier alpha value is -1.13. The number of halogens is 1. The zero-order valence-electron chi connectivity index (χ0n) is 8.86. The van der Waals surface area contributed by atoms with Crippen molar-refractivity contribution in [1.29, 1.82) is 0 Å². The van der Waals surface area contributed by atoms with Crippen molar-refractivity contribution in [2.24, 2.45) is 0 Å². The van der Waals surface area contributed by atoms with Crippen molar-refractivity contribution in [1.82, 2.24) is 9.97 Å². The number of hydrogen-bond acceptors (Lipinski definition) is 4. The van der Waals surface area contributed by atoms with Crippen LogP contribution in [0.4, 0.5) is 0 Å². The molecule has 2 aromatic heterocycles. The van der Waals surface area contributed by atoms with Gasteiger partial charge in [0.15, 0.2) is 0 Å². The van der Waals surface area contributed by atoms with E-state index in [2.05, 4.69) is 29.5 Å². The zero-order chi connectivity index (χ0) is 11.5. The van der Waals surface area contributed by atoms with Gasteiger partial charge in [0.2, 0.25) is 11.2 Å². The Morgan fingerprint density at radius 2 is 2.38 bits per heavy atom. The fraction of sp³-hybridized carbons (Fsp3) is 0.273. The largest absolute Gasteiger partial charge is 0.473 e. The quantitative estimate of drug-likeness (QED) is 0.619. The van der Waals surface area contributed by atoms with Crippen LogP contribution in [0.25, 0.3) is 10.2 Å². The topological polar surface area (TPSA) is 35.0 Å². The van der Waals surface area contributed by atoms with Crippen LogP contribution in [0.5, 0.6) is 5.88 Å². The number of thiophene rings is 1. The van der Waals surface area contributed by atoms with Crippen molar-refractivity contribution >= 4 is 33.2 Å². The molecule has 0 bridgehead atoms. The highest BCUT2D eigenvalue weighted by atomic mass is 35.5. The fourth-order valence-corrected chi connectivity index (χ4v) is 2.51. The third-order valence-corrected chi connectivity index (χ3v) is 3.41. The SMILES string of the molecule is C=CCOc1nc(Cl)nc2sc(CC)cc12. The van der Waals surface area contributed by atoms with Gasteiger partial charge in [0, 0.05) is 4.88 Å². The van der Waals surface area contributed by atoms with Crippen LogP contribution in [0.3, 0.4) is 0 Å². The van der Waals surface area contributed by atoms with Crippen molar-refractivity contribution in [2.75, 3.05) is 6.61 Å². The third-order valence-electron chi connectivity index (χ3n) is 2.07. The summed E-state index contributed by atoms with van der Waals surface area (Å²) in [5.74, 6) is 0.533. The smallest absolute Gasteiger partial charge is 0.227 e. The van der Waals surface area contributed by atoms with Gasteiger partial charge in [0.1, 0.15) is 11.4 Å². The molecule has 0 atom stereocenters. The number of aromatic nitrogens is 2. The first-order valence-corrected chi connectivity index (χ1v) is 6.13. The van der Waals surface area contributed by atoms with E-state index in [1.165, 1.54) is 4.88 Å². The lowest BCUT2D eigenvalue weighted by molar-refractivity contribution is 0.353. The van der Waals surface area contributed by atoms with E-state index in [0.29, 0.717) is 12.5 Å². The highest BCUT2D eigenvalue weighted by Gasteiger charge is 2.11. The minimum atomic E-state index is 0.219. The van der Waals surface area contributed by atoms with Crippen LogP contribution >= 0.6 is 22.9 Å². The Kier molecular flexibility index (Phi) is 3.41. The van der Waals surface area contributed by atoms with Gasteiger partial charge >= 0.3 is 0 Å². The lowest BCUT2D eigenvalue weighted by Gasteiger charge is -2.02. The second-order valence-corrected chi connectivity index (χ2v) is 4.64. The minimum absolute atomic E-state index is 0.219. The molecule has 2 aromatic rings. The molecule has 0 radical (unpaired) electrons. The molecule has 0 saturated heterocycles. The molecule has 0 saturated carbocycles. The molecule has 0 fully saturated rings. The van der Waals surface area contributed by atoms with Gasteiger partial charge in [-0.3, -0.25) is 0 Å². The van der Waals surface area contributed by atoms with Crippen molar-refractivity contribution in [2.45, 2.75) is 13.3 Å². The monoisotopic (exact) mass is 254 g/mol. The highest BCUT2D eigenvalue weighted by Crippen LogP contribution is 2.31. The molecule has 0 aliphatic rings. The molecule has 84 valence electrons. The first kappa shape index (κ1) is 11.4. The van der Waals surface area contributed by atoms with E-state index in [4.69, 9.17) is 16.3 Å². The fourth-order valence-electron chi connectivity index (χ4n) is 1.34. The average molecular weight is 255 g/mol. The summed E-state index contributed by atoms with van der Waals surface area (Å²) in [6, 6.07) is 2.05. The molecular weight excluding hydrogens is 244 g/mol. The normalized spacial score (nSPS) is 10.6. The van der Waals surface area contributed by atoms with E-state index >= 15 is 0 Å². The number of fused-ring (bicyclic) bond motifs is 1. The first-order chi connectivity index (χ1) is 7.74. The van der Waals surface area contributed by atoms with Gasteiger partial charge in [-0.1, -0.05) is 19.6 Å². The molecule has 16 heavy (non-hydrogen) atoms. The van der Waals surface area contributed by atoms with Crippen LogP contribution in [-0.4, -0.2) is 16.6 Å². The van der Waals surface area contributed by atoms with Gasteiger partial charge in [-0.15, -0.1) is 11.3 Å². The lowest BCUT2D eigenvalue weighted by Crippen LogP contribution is -1.96. The number of hydrogen-bond donors (Lipinski definition) is 0. The highest BCUT2D eigenvalue weighted by molar-refractivity contribution is 7.18. The maximum atomic E-state index is 5.83. The average Bonchev–Trinajstić information content (AvgIpc) is 2.68. The maximum Gasteiger partial charge on any atom is 0.227 e. The third kappa shape index (κ3) is 2.18. The summed E-state index contributed by atoms with van der Waals surface area (Å²) in [6.45, 7) is 6.12. The number of nitrogens with zero attached hydrogens (tertiary/aromatic N) is 2. The summed E-state index contributed by atoms with van der Waals surface area (Å²) in [7, 11) is 0. The molecule has 3 nitrogen and oxygen atoms in total. The van der Waals surface area contributed by atoms with Gasteiger partial charge in [-0.05, 0) is 24.1 Å². The Morgan fingerprint density at radius 3 is 3.06 bits per heavy atom. The summed E-state index contributed by atoms with van der Waals surface area (Å²) < 4.78 is 5.46. The Morgan fingerprint density at radius 1 is 1.56 bits per heavy atom. The van der Waals surface area contributed by atoms with Gasteiger partial charge in [0.05, 0.1) is 5.39 Å². The number of ether oxygens (including phenoxy) is 1. The predicted octanol–water partition coefficient (Wildman–Crippen LogP) is 3.47. The van der Waals surface area contributed by atoms with E-state index in [-0.39, 0.29) is 5.28 Å². The maximum absolute atomic E-state index is 5.83. The second kappa shape index (κ2) is 4.80. The molecule has 2 rings (SSSR count). The number of rotatable bonds is 4. The van der Waals surface area contributed by atoms with Crippen LogP contribution in [0, 0.1) is 0 Å². The van der Waals surface area contributed by atoms with Crippen LogP contribution in [0.1, 0.15) is 11.8 Å². The first-order valence-electron chi connectivity index (χ1n) is 4.94. The van der Waals surface area contributed by atoms with Gasteiger partial charge in [-0.2, -0.15) is 4.98 Å². The summed E-state index contributed by atoms with van der Waals surface area (Å²) in [4.78, 5) is 10.4. The van der Waals surface area contributed by atoms with Crippen molar-refractivity contribution < 1.29 is 4.74 Å². The molecule has 0 aliphatic carbocycles. The molecule has 0 spiro atoms. The Labute approximate surface area is 103 Å². The molecule has 0 amide bonds. The molecule has 0 aromatic carbocycles. The molecule has 0 N–H and O–H groups in total. The minimum Gasteiger partial charge on any atom is -0.473 e. The van der Waals surface area contributed by atoms with E-state index in [0.717, 1.165) is 16.6 Å². The zero-order valence-corrected chi connectivity index (χ0v) is 10.4. The molecule has 0 aliphatic heterocycles. The Balaban J connectivity index is 2.52.